The highest BCUT2D eigenvalue weighted by molar-refractivity contribution is 7.20. The van der Waals surface area contributed by atoms with Crippen LogP contribution < -0.4 is 14.8 Å². The number of halogens is 1. The number of aryl methyl sites for hydroxylation is 1. The molecule has 4 rings (SSSR count). The number of nitrogens with zero attached hydrogens (tertiary/aromatic N) is 3. The quantitative estimate of drug-likeness (QED) is 0.409. The van der Waals surface area contributed by atoms with E-state index in [9.17, 15) is 9.18 Å². The molecule has 1 aromatic carbocycles. The lowest BCUT2D eigenvalue weighted by atomic mass is 10.2. The molecule has 3 aromatic heterocycles. The molecule has 0 unspecified atom stereocenters. The fourth-order valence-corrected chi connectivity index (χ4v) is 4.31. The van der Waals surface area contributed by atoms with Crippen LogP contribution >= 0.6 is 11.3 Å². The van der Waals surface area contributed by atoms with Crippen molar-refractivity contribution in [1.82, 2.24) is 20.3 Å². The van der Waals surface area contributed by atoms with Crippen LogP contribution in [0.5, 0.6) is 17.5 Å². The summed E-state index contributed by atoms with van der Waals surface area (Å²) >= 11 is 1.28. The summed E-state index contributed by atoms with van der Waals surface area (Å²) in [6.45, 7) is 2.36. The Labute approximate surface area is 193 Å². The Balaban J connectivity index is 1.49. The van der Waals surface area contributed by atoms with Crippen LogP contribution in [0, 0.1) is 12.7 Å². The topological polar surface area (TPSA) is 95.5 Å². The molecule has 1 amide bonds. The van der Waals surface area contributed by atoms with Gasteiger partial charge in [-0.1, -0.05) is 0 Å². The van der Waals surface area contributed by atoms with Gasteiger partial charge in [-0.15, -0.1) is 11.3 Å². The van der Waals surface area contributed by atoms with Crippen LogP contribution in [-0.4, -0.2) is 35.1 Å². The Morgan fingerprint density at radius 2 is 1.94 bits per heavy atom. The summed E-state index contributed by atoms with van der Waals surface area (Å²) < 4.78 is 29.2. The zero-order chi connectivity index (χ0) is 23.4. The van der Waals surface area contributed by atoms with Gasteiger partial charge in [0.15, 0.2) is 5.82 Å². The molecule has 10 heteroatoms. The van der Waals surface area contributed by atoms with E-state index >= 15 is 0 Å². The lowest BCUT2D eigenvalue weighted by Gasteiger charge is -2.08. The highest BCUT2D eigenvalue weighted by atomic mass is 32.1. The van der Waals surface area contributed by atoms with Crippen molar-refractivity contribution in [2.45, 2.75) is 20.1 Å². The van der Waals surface area contributed by atoms with Crippen LogP contribution in [0.1, 0.15) is 26.6 Å². The average Bonchev–Trinajstić information content (AvgIpc) is 3.15. The third-order valence-electron chi connectivity index (χ3n) is 4.76. The number of rotatable bonds is 8. The van der Waals surface area contributed by atoms with Gasteiger partial charge in [0, 0.05) is 25.9 Å². The molecule has 0 spiro atoms. The molecule has 0 bridgehead atoms. The van der Waals surface area contributed by atoms with Gasteiger partial charge < -0.3 is 19.5 Å². The molecule has 170 valence electrons. The molecule has 4 aromatic rings. The van der Waals surface area contributed by atoms with Gasteiger partial charge >= 0.3 is 0 Å². The molecule has 1 N–H and O–H groups in total. The Kier molecular flexibility index (Phi) is 6.76. The lowest BCUT2D eigenvalue weighted by molar-refractivity contribution is 0.0954. The smallest absolute Gasteiger partial charge is 0.261 e. The predicted octanol–water partition coefficient (Wildman–Crippen LogP) is 4.41. The lowest BCUT2D eigenvalue weighted by Crippen LogP contribution is -2.22. The molecular formula is C23H21FN4O4S. The highest BCUT2D eigenvalue weighted by Crippen LogP contribution is 2.35. The van der Waals surface area contributed by atoms with Gasteiger partial charge in [0.05, 0.1) is 17.4 Å². The number of thiophene rings is 1. The number of amides is 1. The number of fused-ring (bicyclic) bond motifs is 1. The molecule has 0 fully saturated rings. The molecule has 0 aliphatic carbocycles. The standard InChI is InChI=1S/C23H21FN4O4S/c1-13-19-22(31-3)27-17(12-30-2)28-23(19)33-20(13)21(29)26-11-14-8-9-25-18(10-14)32-16-6-4-15(24)5-7-16/h4-10H,11-12H2,1-3H3,(H,26,29). The van der Waals surface area contributed by atoms with Crippen LogP contribution in [0.4, 0.5) is 4.39 Å². The van der Waals surface area contributed by atoms with Gasteiger partial charge in [-0.3, -0.25) is 4.79 Å². The first-order valence-corrected chi connectivity index (χ1v) is 10.8. The number of methoxy groups -OCH3 is 2. The van der Waals surface area contributed by atoms with Gasteiger partial charge in [-0.05, 0) is 48.4 Å². The summed E-state index contributed by atoms with van der Waals surface area (Å²) in [5.74, 6) is 1.13. The minimum atomic E-state index is -0.346. The van der Waals surface area contributed by atoms with Crippen molar-refractivity contribution in [2.75, 3.05) is 14.2 Å². The minimum Gasteiger partial charge on any atom is -0.480 e. The molecule has 33 heavy (non-hydrogen) atoms. The van der Waals surface area contributed by atoms with Gasteiger partial charge in [-0.2, -0.15) is 4.98 Å². The minimum absolute atomic E-state index is 0.233. The summed E-state index contributed by atoms with van der Waals surface area (Å²) in [4.78, 5) is 27.1. The first kappa shape index (κ1) is 22.6. The first-order valence-electron chi connectivity index (χ1n) is 9.98. The molecule has 0 atom stereocenters. The van der Waals surface area contributed by atoms with Gasteiger partial charge in [0.2, 0.25) is 11.8 Å². The summed E-state index contributed by atoms with van der Waals surface area (Å²) in [5.41, 5.74) is 1.55. The molecule has 0 saturated heterocycles. The van der Waals surface area contributed by atoms with Crippen molar-refractivity contribution in [2.24, 2.45) is 0 Å². The van der Waals surface area contributed by atoms with Crippen LogP contribution in [0.25, 0.3) is 10.2 Å². The number of benzene rings is 1. The van der Waals surface area contributed by atoms with Crippen molar-refractivity contribution in [3.8, 4) is 17.5 Å². The Morgan fingerprint density at radius 3 is 2.67 bits per heavy atom. The number of carbonyl (C=O) groups excluding carboxylic acids is 1. The average molecular weight is 469 g/mol. The van der Waals surface area contributed by atoms with E-state index in [1.807, 2.05) is 6.92 Å². The molecule has 0 aliphatic heterocycles. The SMILES string of the molecule is COCc1nc(OC)c2c(C)c(C(=O)NCc3ccnc(Oc4ccc(F)cc4)c3)sc2n1. The van der Waals surface area contributed by atoms with Crippen LogP contribution in [0.3, 0.4) is 0 Å². The van der Waals surface area contributed by atoms with E-state index in [-0.39, 0.29) is 24.9 Å². The van der Waals surface area contributed by atoms with E-state index in [4.69, 9.17) is 14.2 Å². The van der Waals surface area contributed by atoms with Crippen molar-refractivity contribution >= 4 is 27.5 Å². The third-order valence-corrected chi connectivity index (χ3v) is 5.95. The number of ether oxygens (including phenoxy) is 3. The van der Waals surface area contributed by atoms with Crippen LogP contribution in [0.2, 0.25) is 0 Å². The number of hydrogen-bond acceptors (Lipinski definition) is 8. The van der Waals surface area contributed by atoms with E-state index in [1.165, 1.54) is 42.7 Å². The van der Waals surface area contributed by atoms with E-state index in [2.05, 4.69) is 20.3 Å². The number of carbonyl (C=O) groups is 1. The Bertz CT molecular complexity index is 1290. The molecule has 3 heterocycles. The zero-order valence-electron chi connectivity index (χ0n) is 18.2. The maximum atomic E-state index is 13.1. The summed E-state index contributed by atoms with van der Waals surface area (Å²) in [5, 5.41) is 3.63. The Morgan fingerprint density at radius 1 is 1.15 bits per heavy atom. The maximum Gasteiger partial charge on any atom is 0.261 e. The fourth-order valence-electron chi connectivity index (χ4n) is 3.20. The van der Waals surface area contributed by atoms with Crippen molar-refractivity contribution < 1.29 is 23.4 Å². The zero-order valence-corrected chi connectivity index (χ0v) is 19.0. The van der Waals surface area contributed by atoms with E-state index in [0.29, 0.717) is 38.4 Å². The van der Waals surface area contributed by atoms with Crippen molar-refractivity contribution in [3.63, 3.8) is 0 Å². The fraction of sp³-hybridized carbons (Fsp3) is 0.217. The summed E-state index contributed by atoms with van der Waals surface area (Å²) in [7, 11) is 3.10. The highest BCUT2D eigenvalue weighted by Gasteiger charge is 2.21. The Hall–Kier alpha value is -3.63. The number of hydrogen-bond donors (Lipinski definition) is 1. The van der Waals surface area contributed by atoms with Gasteiger partial charge in [0.1, 0.15) is 23.0 Å². The molecule has 0 aliphatic rings. The first-order chi connectivity index (χ1) is 16.0. The second-order valence-corrected chi connectivity index (χ2v) is 8.06. The second-order valence-electron chi connectivity index (χ2n) is 7.06. The van der Waals surface area contributed by atoms with Gasteiger partial charge in [0.25, 0.3) is 5.91 Å². The summed E-state index contributed by atoms with van der Waals surface area (Å²) in [6.07, 6.45) is 1.59. The molecule has 0 radical (unpaired) electrons. The van der Waals surface area contributed by atoms with Crippen molar-refractivity contribution in [1.29, 1.82) is 0 Å². The molecule has 8 nitrogen and oxygen atoms in total. The largest absolute Gasteiger partial charge is 0.480 e. The van der Waals surface area contributed by atoms with Crippen LogP contribution in [-0.2, 0) is 17.9 Å². The third kappa shape index (κ3) is 5.07. The number of aromatic nitrogens is 3. The van der Waals surface area contributed by atoms with E-state index in [1.54, 1.807) is 25.4 Å². The van der Waals surface area contributed by atoms with Crippen LogP contribution in [0.15, 0.2) is 42.6 Å². The second kappa shape index (κ2) is 9.88. The van der Waals surface area contributed by atoms with E-state index < -0.39 is 0 Å². The maximum absolute atomic E-state index is 13.1. The predicted molar refractivity (Wildman–Crippen MR) is 121 cm³/mol. The van der Waals surface area contributed by atoms with Gasteiger partial charge in [-0.25, -0.2) is 14.4 Å². The van der Waals surface area contributed by atoms with Crippen molar-refractivity contribution in [3.05, 3.63) is 70.2 Å². The molecule has 0 saturated carbocycles. The normalized spacial score (nSPS) is 10.9. The number of pyridine rings is 1. The monoisotopic (exact) mass is 468 g/mol. The van der Waals surface area contributed by atoms with E-state index in [0.717, 1.165) is 11.1 Å². The summed E-state index contributed by atoms with van der Waals surface area (Å²) in [6, 6.07) is 9.15. The molecular weight excluding hydrogens is 447 g/mol. The number of nitrogens with one attached hydrogen (secondary N) is 1.